The van der Waals surface area contributed by atoms with Crippen molar-refractivity contribution in [3.8, 4) is 5.75 Å². The molecule has 4 nitrogen and oxygen atoms in total. The minimum atomic E-state index is -0.0414. The third kappa shape index (κ3) is 2.48. The zero-order valence-electron chi connectivity index (χ0n) is 15.3. The average Bonchev–Trinajstić information content (AvgIpc) is 2.96. The van der Waals surface area contributed by atoms with E-state index in [4.69, 9.17) is 4.74 Å². The molecule has 0 saturated carbocycles. The zero-order chi connectivity index (χ0) is 17.3. The zero-order valence-corrected chi connectivity index (χ0v) is 15.3. The highest BCUT2D eigenvalue weighted by molar-refractivity contribution is 5.97. The van der Waals surface area contributed by atoms with Crippen molar-refractivity contribution in [2.45, 2.75) is 52.5 Å². The summed E-state index contributed by atoms with van der Waals surface area (Å²) in [6, 6.07) is 6.20. The van der Waals surface area contributed by atoms with Crippen LogP contribution in [0.5, 0.6) is 5.75 Å². The van der Waals surface area contributed by atoms with E-state index in [0.717, 1.165) is 50.0 Å². The second kappa shape index (κ2) is 6.88. The molecule has 130 valence electrons. The van der Waals surface area contributed by atoms with E-state index in [1.165, 1.54) is 16.8 Å². The largest absolute Gasteiger partial charge is 0.496 e. The van der Waals surface area contributed by atoms with E-state index in [1.807, 2.05) is 17.0 Å². The molecule has 0 bridgehead atoms. The Kier molecular flexibility index (Phi) is 4.83. The van der Waals surface area contributed by atoms with Crippen molar-refractivity contribution in [3.05, 3.63) is 29.5 Å². The van der Waals surface area contributed by atoms with Gasteiger partial charge in [-0.1, -0.05) is 6.07 Å². The van der Waals surface area contributed by atoms with Crippen molar-refractivity contribution in [2.75, 3.05) is 20.2 Å². The van der Waals surface area contributed by atoms with Gasteiger partial charge in [0.2, 0.25) is 5.91 Å². The van der Waals surface area contributed by atoms with Crippen LogP contribution in [0, 0.1) is 0 Å². The van der Waals surface area contributed by atoms with Crippen molar-refractivity contribution < 1.29 is 9.53 Å². The highest BCUT2D eigenvalue weighted by atomic mass is 16.5. The molecule has 1 aliphatic carbocycles. The van der Waals surface area contributed by atoms with Gasteiger partial charge in [0.15, 0.2) is 0 Å². The molecule has 4 heteroatoms. The van der Waals surface area contributed by atoms with E-state index in [0.29, 0.717) is 0 Å². The van der Waals surface area contributed by atoms with Crippen LogP contribution in [0.4, 0.5) is 0 Å². The predicted molar refractivity (Wildman–Crippen MR) is 97.8 cm³/mol. The second-order valence-electron chi connectivity index (χ2n) is 6.41. The van der Waals surface area contributed by atoms with Gasteiger partial charge in [0, 0.05) is 30.7 Å². The number of benzene rings is 1. The lowest BCUT2D eigenvalue weighted by atomic mass is 9.84. The van der Waals surface area contributed by atoms with Gasteiger partial charge < -0.3 is 14.2 Å². The fraction of sp³-hybridized carbons (Fsp3) is 0.550. The second-order valence-corrected chi connectivity index (χ2v) is 6.41. The van der Waals surface area contributed by atoms with Crippen molar-refractivity contribution in [2.24, 2.45) is 0 Å². The molecule has 1 amide bonds. The average molecular weight is 328 g/mol. The molecule has 0 fully saturated rings. The Morgan fingerprint density at radius 3 is 2.67 bits per heavy atom. The van der Waals surface area contributed by atoms with Crippen LogP contribution in [-0.4, -0.2) is 35.6 Å². The number of fused-ring (bicyclic) bond motifs is 3. The Bertz CT molecular complexity index is 744. The van der Waals surface area contributed by atoms with E-state index in [2.05, 4.69) is 31.4 Å². The van der Waals surface area contributed by atoms with E-state index >= 15 is 0 Å². The fourth-order valence-corrected chi connectivity index (χ4v) is 4.25. The molecule has 0 radical (unpaired) electrons. The van der Waals surface area contributed by atoms with Crippen LogP contribution in [0.25, 0.3) is 10.9 Å². The molecule has 1 aromatic carbocycles. The number of amides is 1. The summed E-state index contributed by atoms with van der Waals surface area (Å²) in [5, 5.41) is 1.14. The van der Waals surface area contributed by atoms with Gasteiger partial charge in [-0.15, -0.1) is 0 Å². The maximum absolute atomic E-state index is 13.1. The number of aromatic nitrogens is 1. The van der Waals surface area contributed by atoms with Crippen molar-refractivity contribution in [1.82, 2.24) is 9.47 Å². The number of hydrogen-bond donors (Lipinski definition) is 0. The van der Waals surface area contributed by atoms with Crippen molar-refractivity contribution >= 4 is 16.8 Å². The summed E-state index contributed by atoms with van der Waals surface area (Å²) >= 11 is 0. The lowest BCUT2D eigenvalue weighted by Gasteiger charge is -2.29. The highest BCUT2D eigenvalue weighted by Gasteiger charge is 2.34. The summed E-state index contributed by atoms with van der Waals surface area (Å²) in [6.07, 6.45) is 3.05. The molecule has 0 N–H and O–H groups in total. The lowest BCUT2D eigenvalue weighted by molar-refractivity contribution is -0.132. The first-order valence-corrected chi connectivity index (χ1v) is 9.14. The summed E-state index contributed by atoms with van der Waals surface area (Å²) < 4.78 is 8.02. The number of aryl methyl sites for hydroxylation is 1. The van der Waals surface area contributed by atoms with E-state index in [1.54, 1.807) is 7.11 Å². The Labute approximate surface area is 144 Å². The Morgan fingerprint density at radius 2 is 2.04 bits per heavy atom. The summed E-state index contributed by atoms with van der Waals surface area (Å²) in [7, 11) is 1.72. The standard InChI is InChI=1S/C20H28N2O2/c1-5-21(6-2)20(23)14-10-8-11-15-18(14)19-16(22(15)7-3)12-9-13-17(19)24-4/h9,12-14H,5-8,10-11H2,1-4H3. The van der Waals surface area contributed by atoms with Gasteiger partial charge in [-0.05, 0) is 57.7 Å². The first-order valence-electron chi connectivity index (χ1n) is 9.14. The third-order valence-corrected chi connectivity index (χ3v) is 5.37. The fourth-order valence-electron chi connectivity index (χ4n) is 4.25. The molecular weight excluding hydrogens is 300 g/mol. The minimum absolute atomic E-state index is 0.0414. The first-order chi connectivity index (χ1) is 11.7. The third-order valence-electron chi connectivity index (χ3n) is 5.37. The van der Waals surface area contributed by atoms with Crippen molar-refractivity contribution in [3.63, 3.8) is 0 Å². The molecule has 1 atom stereocenters. The van der Waals surface area contributed by atoms with Gasteiger partial charge in [0.1, 0.15) is 5.75 Å². The normalized spacial score (nSPS) is 16.9. The van der Waals surface area contributed by atoms with Crippen LogP contribution in [-0.2, 0) is 17.8 Å². The Morgan fingerprint density at radius 1 is 1.29 bits per heavy atom. The number of carbonyl (C=O) groups is 1. The van der Waals surface area contributed by atoms with Gasteiger partial charge in [0.05, 0.1) is 18.5 Å². The highest BCUT2D eigenvalue weighted by Crippen LogP contribution is 2.43. The molecular formula is C20H28N2O2. The van der Waals surface area contributed by atoms with Gasteiger partial charge >= 0.3 is 0 Å². The molecule has 2 aromatic rings. The molecule has 0 aliphatic heterocycles. The molecule has 3 rings (SSSR count). The lowest BCUT2D eigenvalue weighted by Crippen LogP contribution is -2.36. The topological polar surface area (TPSA) is 34.5 Å². The van der Waals surface area contributed by atoms with Crippen LogP contribution >= 0.6 is 0 Å². The number of ether oxygens (including phenoxy) is 1. The number of likely N-dealkylation sites (N-methyl/N-ethyl adjacent to an activating group) is 1. The van der Waals surface area contributed by atoms with E-state index in [9.17, 15) is 4.79 Å². The summed E-state index contributed by atoms with van der Waals surface area (Å²) in [5.41, 5.74) is 3.74. The predicted octanol–water partition coefficient (Wildman–Crippen LogP) is 3.96. The van der Waals surface area contributed by atoms with Gasteiger partial charge in [-0.2, -0.15) is 0 Å². The SMILES string of the molecule is CCN(CC)C(=O)C1CCCc2c1c1c(OC)cccc1n2CC. The quantitative estimate of drug-likeness (QED) is 0.832. The monoisotopic (exact) mass is 328 g/mol. The smallest absolute Gasteiger partial charge is 0.230 e. The van der Waals surface area contributed by atoms with Crippen molar-refractivity contribution in [1.29, 1.82) is 0 Å². The molecule has 1 unspecified atom stereocenters. The van der Waals surface area contributed by atoms with E-state index in [-0.39, 0.29) is 11.8 Å². The molecule has 1 heterocycles. The van der Waals surface area contributed by atoms with Crippen LogP contribution in [0.15, 0.2) is 18.2 Å². The van der Waals surface area contributed by atoms with Gasteiger partial charge in [-0.3, -0.25) is 4.79 Å². The molecule has 0 saturated heterocycles. The summed E-state index contributed by atoms with van der Waals surface area (Å²) in [4.78, 5) is 15.1. The van der Waals surface area contributed by atoms with Crippen LogP contribution < -0.4 is 4.74 Å². The molecule has 0 spiro atoms. The van der Waals surface area contributed by atoms with Crippen LogP contribution in [0.2, 0.25) is 0 Å². The maximum Gasteiger partial charge on any atom is 0.230 e. The van der Waals surface area contributed by atoms with E-state index < -0.39 is 0 Å². The summed E-state index contributed by atoms with van der Waals surface area (Å²) in [6.45, 7) is 8.75. The first kappa shape index (κ1) is 16.9. The van der Waals surface area contributed by atoms with Crippen LogP contribution in [0.1, 0.15) is 50.8 Å². The number of hydrogen-bond acceptors (Lipinski definition) is 2. The van der Waals surface area contributed by atoms with Gasteiger partial charge in [-0.25, -0.2) is 0 Å². The van der Waals surface area contributed by atoms with Crippen LogP contribution in [0.3, 0.4) is 0 Å². The Hall–Kier alpha value is -1.97. The number of methoxy groups -OCH3 is 1. The minimum Gasteiger partial charge on any atom is -0.496 e. The molecule has 1 aliphatic rings. The Balaban J connectivity index is 2.24. The number of nitrogens with zero attached hydrogens (tertiary/aromatic N) is 2. The maximum atomic E-state index is 13.1. The van der Waals surface area contributed by atoms with Gasteiger partial charge in [0.25, 0.3) is 0 Å². The summed E-state index contributed by atoms with van der Waals surface area (Å²) in [5.74, 6) is 1.11. The number of carbonyl (C=O) groups excluding carboxylic acids is 1. The number of rotatable bonds is 5. The molecule has 24 heavy (non-hydrogen) atoms. The molecule has 1 aromatic heterocycles.